The summed E-state index contributed by atoms with van der Waals surface area (Å²) in [6.45, 7) is 6.05. The molecule has 0 saturated heterocycles. The summed E-state index contributed by atoms with van der Waals surface area (Å²) in [7, 11) is 1.65. The molecule has 0 saturated carbocycles. The molecule has 0 aromatic heterocycles. The topological polar surface area (TPSA) is 39.7 Å². The molecule has 0 unspecified atom stereocenters. The van der Waals surface area contributed by atoms with Gasteiger partial charge in [-0.15, -0.1) is 0 Å². The second-order valence-corrected chi connectivity index (χ2v) is 4.24. The van der Waals surface area contributed by atoms with Crippen molar-refractivity contribution < 1.29 is 14.2 Å². The molecule has 0 spiro atoms. The van der Waals surface area contributed by atoms with Gasteiger partial charge in [-0.1, -0.05) is 19.4 Å². The van der Waals surface area contributed by atoms with Crippen molar-refractivity contribution in [1.29, 1.82) is 0 Å². The fourth-order valence-corrected chi connectivity index (χ4v) is 1.58. The number of methoxy groups -OCH3 is 1. The highest BCUT2D eigenvalue weighted by Crippen LogP contribution is 2.18. The molecule has 0 aliphatic carbocycles. The molecule has 0 aliphatic rings. The van der Waals surface area contributed by atoms with E-state index in [0.29, 0.717) is 13.2 Å². The smallest absolute Gasteiger partial charge is 0.123 e. The zero-order chi connectivity index (χ0) is 13.8. The molecule has 0 aliphatic heterocycles. The van der Waals surface area contributed by atoms with E-state index in [2.05, 4.69) is 12.2 Å². The van der Waals surface area contributed by atoms with E-state index in [1.807, 2.05) is 24.3 Å². The van der Waals surface area contributed by atoms with Gasteiger partial charge in [-0.25, -0.2) is 0 Å². The Hall–Kier alpha value is -1.26. The van der Waals surface area contributed by atoms with Crippen molar-refractivity contribution in [2.75, 3.05) is 40.0 Å². The summed E-state index contributed by atoms with van der Waals surface area (Å²) in [6.07, 6.45) is 2.45. The summed E-state index contributed by atoms with van der Waals surface area (Å²) in [5.74, 6) is 1.61. The summed E-state index contributed by atoms with van der Waals surface area (Å²) < 4.78 is 16.2. The molecule has 1 N–H and O–H groups in total. The average molecular weight is 267 g/mol. The van der Waals surface area contributed by atoms with E-state index in [1.165, 1.54) is 12.8 Å². The Morgan fingerprint density at radius 1 is 1.05 bits per heavy atom. The Balaban J connectivity index is 1.98. The fraction of sp³-hybridized carbons (Fsp3) is 0.600. The molecule has 1 rings (SSSR count). The lowest BCUT2D eigenvalue weighted by molar-refractivity contribution is 0.102. The molecule has 108 valence electrons. The molecule has 1 aromatic carbocycles. The average Bonchev–Trinajstić information content (AvgIpc) is 2.46. The zero-order valence-electron chi connectivity index (χ0n) is 12.0. The highest BCUT2D eigenvalue weighted by atomic mass is 16.5. The summed E-state index contributed by atoms with van der Waals surface area (Å²) >= 11 is 0. The van der Waals surface area contributed by atoms with E-state index in [0.717, 1.165) is 31.2 Å². The lowest BCUT2D eigenvalue weighted by atomic mass is 10.3. The largest absolute Gasteiger partial charge is 0.497 e. The van der Waals surface area contributed by atoms with Crippen molar-refractivity contribution in [2.45, 2.75) is 19.8 Å². The minimum atomic E-state index is 0.558. The van der Waals surface area contributed by atoms with Crippen LogP contribution < -0.4 is 14.8 Å². The molecule has 0 radical (unpaired) electrons. The summed E-state index contributed by atoms with van der Waals surface area (Å²) in [5, 5.41) is 3.33. The quantitative estimate of drug-likeness (QED) is 0.625. The van der Waals surface area contributed by atoms with Crippen LogP contribution in [-0.4, -0.2) is 40.0 Å². The van der Waals surface area contributed by atoms with Gasteiger partial charge in [0.25, 0.3) is 0 Å². The van der Waals surface area contributed by atoms with Gasteiger partial charge in [0.15, 0.2) is 0 Å². The van der Waals surface area contributed by atoms with Crippen LogP contribution in [0.1, 0.15) is 19.8 Å². The Morgan fingerprint density at radius 2 is 1.89 bits per heavy atom. The summed E-state index contributed by atoms with van der Waals surface area (Å²) in [4.78, 5) is 0. The third kappa shape index (κ3) is 7.70. The van der Waals surface area contributed by atoms with Gasteiger partial charge in [0.2, 0.25) is 0 Å². The molecular weight excluding hydrogens is 242 g/mol. The van der Waals surface area contributed by atoms with Gasteiger partial charge in [0, 0.05) is 12.6 Å². The summed E-state index contributed by atoms with van der Waals surface area (Å²) in [5.41, 5.74) is 0. The molecule has 0 heterocycles. The Morgan fingerprint density at radius 3 is 2.68 bits per heavy atom. The van der Waals surface area contributed by atoms with E-state index in [1.54, 1.807) is 7.11 Å². The summed E-state index contributed by atoms with van der Waals surface area (Å²) in [6, 6.07) is 7.58. The van der Waals surface area contributed by atoms with E-state index >= 15 is 0 Å². The zero-order valence-corrected chi connectivity index (χ0v) is 12.0. The molecule has 0 bridgehead atoms. The maximum atomic E-state index is 5.57. The second-order valence-electron chi connectivity index (χ2n) is 4.24. The van der Waals surface area contributed by atoms with E-state index in [-0.39, 0.29) is 0 Å². The highest BCUT2D eigenvalue weighted by Gasteiger charge is 1.96. The van der Waals surface area contributed by atoms with Crippen molar-refractivity contribution in [3.63, 3.8) is 0 Å². The maximum Gasteiger partial charge on any atom is 0.123 e. The van der Waals surface area contributed by atoms with Crippen LogP contribution in [0.25, 0.3) is 0 Å². The highest BCUT2D eigenvalue weighted by molar-refractivity contribution is 5.32. The van der Waals surface area contributed by atoms with Crippen molar-refractivity contribution >= 4 is 0 Å². The predicted molar refractivity (Wildman–Crippen MR) is 77.1 cm³/mol. The monoisotopic (exact) mass is 267 g/mol. The van der Waals surface area contributed by atoms with Crippen LogP contribution in [0.3, 0.4) is 0 Å². The van der Waals surface area contributed by atoms with Crippen LogP contribution in [0.15, 0.2) is 24.3 Å². The van der Waals surface area contributed by atoms with Gasteiger partial charge in [-0.2, -0.15) is 0 Å². The molecule has 1 aromatic rings. The van der Waals surface area contributed by atoms with Gasteiger partial charge < -0.3 is 19.5 Å². The Bertz CT molecular complexity index is 331. The molecule has 0 atom stereocenters. The van der Waals surface area contributed by atoms with Gasteiger partial charge in [0.05, 0.1) is 20.3 Å². The van der Waals surface area contributed by atoms with Crippen LogP contribution >= 0.6 is 0 Å². The van der Waals surface area contributed by atoms with Crippen molar-refractivity contribution in [2.24, 2.45) is 0 Å². The number of unbranched alkanes of at least 4 members (excludes halogenated alkanes) is 1. The van der Waals surface area contributed by atoms with Gasteiger partial charge in [0.1, 0.15) is 18.1 Å². The van der Waals surface area contributed by atoms with Crippen LogP contribution in [0.4, 0.5) is 0 Å². The normalized spacial score (nSPS) is 10.4. The maximum absolute atomic E-state index is 5.57. The van der Waals surface area contributed by atoms with E-state index in [9.17, 15) is 0 Å². The first-order valence-electron chi connectivity index (χ1n) is 6.92. The van der Waals surface area contributed by atoms with Crippen LogP contribution in [-0.2, 0) is 4.74 Å². The van der Waals surface area contributed by atoms with Crippen molar-refractivity contribution in [1.82, 2.24) is 5.32 Å². The van der Waals surface area contributed by atoms with Crippen molar-refractivity contribution in [3.05, 3.63) is 24.3 Å². The number of ether oxygens (including phenoxy) is 3. The minimum absolute atomic E-state index is 0.558. The fourth-order valence-electron chi connectivity index (χ4n) is 1.58. The molecule has 4 heteroatoms. The third-order valence-corrected chi connectivity index (χ3v) is 2.67. The van der Waals surface area contributed by atoms with Gasteiger partial charge >= 0.3 is 0 Å². The van der Waals surface area contributed by atoms with E-state index in [4.69, 9.17) is 14.2 Å². The van der Waals surface area contributed by atoms with Crippen LogP contribution in [0.5, 0.6) is 11.5 Å². The first kappa shape index (κ1) is 15.8. The van der Waals surface area contributed by atoms with Crippen molar-refractivity contribution in [3.8, 4) is 11.5 Å². The first-order chi connectivity index (χ1) is 9.36. The first-order valence-corrected chi connectivity index (χ1v) is 6.92. The van der Waals surface area contributed by atoms with Gasteiger partial charge in [-0.3, -0.25) is 0 Å². The number of nitrogens with one attached hydrogen (secondary N) is 1. The SMILES string of the molecule is CCCCNCCOCCOc1cccc(OC)c1. The standard InChI is InChI=1S/C15H25NO3/c1-3-4-8-16-9-10-18-11-12-19-15-7-5-6-14(13-15)17-2/h5-7,13,16H,3-4,8-12H2,1-2H3. The Labute approximate surface area is 116 Å². The second kappa shape index (κ2) is 10.6. The predicted octanol–water partition coefficient (Wildman–Crippen LogP) is 2.48. The molecule has 19 heavy (non-hydrogen) atoms. The van der Waals surface area contributed by atoms with Crippen LogP contribution in [0.2, 0.25) is 0 Å². The molecule has 4 nitrogen and oxygen atoms in total. The lowest BCUT2D eigenvalue weighted by Crippen LogP contribution is -2.21. The third-order valence-electron chi connectivity index (χ3n) is 2.67. The number of hydrogen-bond acceptors (Lipinski definition) is 4. The van der Waals surface area contributed by atoms with E-state index < -0.39 is 0 Å². The molecule has 0 fully saturated rings. The number of rotatable bonds is 11. The molecular formula is C15H25NO3. The number of benzene rings is 1. The molecule has 0 amide bonds. The minimum Gasteiger partial charge on any atom is -0.497 e. The van der Waals surface area contributed by atoms with Crippen LogP contribution in [0, 0.1) is 0 Å². The van der Waals surface area contributed by atoms with Gasteiger partial charge in [-0.05, 0) is 25.1 Å². The lowest BCUT2D eigenvalue weighted by Gasteiger charge is -2.08. The Kier molecular flexibility index (Phi) is 8.85. The number of hydrogen-bond donors (Lipinski definition) is 1.